The van der Waals surface area contributed by atoms with Gasteiger partial charge >= 0.3 is 6.03 Å². The number of aromatic nitrogens is 4. The molecule has 0 bridgehead atoms. The highest BCUT2D eigenvalue weighted by Gasteiger charge is 2.27. The van der Waals surface area contributed by atoms with Crippen molar-refractivity contribution < 1.29 is 9.59 Å². The van der Waals surface area contributed by atoms with E-state index in [-0.39, 0.29) is 5.92 Å². The van der Waals surface area contributed by atoms with E-state index in [0.717, 1.165) is 24.4 Å². The first-order valence-electron chi connectivity index (χ1n) is 8.04. The topological polar surface area (TPSA) is 116 Å². The zero-order valence-electron chi connectivity index (χ0n) is 14.5. The van der Waals surface area contributed by atoms with E-state index in [1.807, 2.05) is 30.5 Å². The van der Waals surface area contributed by atoms with Crippen molar-refractivity contribution in [3.63, 3.8) is 0 Å². The van der Waals surface area contributed by atoms with Gasteiger partial charge in [-0.3, -0.25) is 15.1 Å². The molecule has 0 spiro atoms. The van der Waals surface area contributed by atoms with Crippen molar-refractivity contribution in [1.29, 1.82) is 0 Å². The van der Waals surface area contributed by atoms with Crippen molar-refractivity contribution >= 4 is 23.7 Å². The number of hydrogen-bond acceptors (Lipinski definition) is 6. The van der Waals surface area contributed by atoms with E-state index in [2.05, 4.69) is 27.4 Å². The van der Waals surface area contributed by atoms with Crippen LogP contribution in [0.4, 0.5) is 4.79 Å². The van der Waals surface area contributed by atoms with Crippen molar-refractivity contribution in [2.45, 2.75) is 44.1 Å². The van der Waals surface area contributed by atoms with E-state index in [4.69, 9.17) is 5.73 Å². The maximum absolute atomic E-state index is 12.2. The minimum Gasteiger partial charge on any atom is -0.351 e. The van der Waals surface area contributed by atoms with Gasteiger partial charge in [-0.1, -0.05) is 32.5 Å². The van der Waals surface area contributed by atoms with Crippen LogP contribution in [0.1, 0.15) is 27.2 Å². The zero-order valence-corrected chi connectivity index (χ0v) is 15.3. The number of primary amides is 1. The van der Waals surface area contributed by atoms with Crippen LogP contribution >= 0.6 is 11.8 Å². The lowest BCUT2D eigenvalue weighted by atomic mass is 10.1. The number of thioether (sulfide) groups is 1. The Hall–Kier alpha value is -2.42. The zero-order chi connectivity index (χ0) is 18.4. The minimum atomic E-state index is -0.858. The summed E-state index contributed by atoms with van der Waals surface area (Å²) in [5, 5.41) is 10.8. The second-order valence-corrected chi connectivity index (χ2v) is 6.94. The number of imide groups is 1. The molecular formula is C16H22N6O2S. The molecule has 0 saturated heterocycles. The highest BCUT2D eigenvalue weighted by molar-refractivity contribution is 8.00. The van der Waals surface area contributed by atoms with Crippen LogP contribution in [0.3, 0.4) is 0 Å². The Kier molecular flexibility index (Phi) is 6.51. The molecule has 0 aliphatic heterocycles. The van der Waals surface area contributed by atoms with Crippen molar-refractivity contribution in [2.75, 3.05) is 0 Å². The molecule has 0 aliphatic rings. The number of rotatable bonds is 7. The third-order valence-electron chi connectivity index (χ3n) is 3.45. The van der Waals surface area contributed by atoms with Crippen molar-refractivity contribution in [3.05, 3.63) is 24.5 Å². The summed E-state index contributed by atoms with van der Waals surface area (Å²) < 4.78 is 1.98. The Morgan fingerprint density at radius 1 is 1.28 bits per heavy atom. The monoisotopic (exact) mass is 362 g/mol. The fourth-order valence-corrected chi connectivity index (χ4v) is 3.37. The Bertz CT molecular complexity index is 731. The molecule has 134 valence electrons. The Balaban J connectivity index is 2.33. The van der Waals surface area contributed by atoms with Crippen LogP contribution in [0.5, 0.6) is 0 Å². The lowest BCUT2D eigenvalue weighted by Crippen LogP contribution is -2.42. The van der Waals surface area contributed by atoms with E-state index in [1.54, 1.807) is 12.4 Å². The van der Waals surface area contributed by atoms with Crippen molar-refractivity contribution in [3.8, 4) is 11.4 Å². The van der Waals surface area contributed by atoms with Gasteiger partial charge in [-0.15, -0.1) is 10.2 Å². The number of nitrogens with two attached hydrogens (primary N) is 1. The van der Waals surface area contributed by atoms with Gasteiger partial charge in [-0.2, -0.15) is 0 Å². The Morgan fingerprint density at radius 3 is 2.52 bits per heavy atom. The average Bonchev–Trinajstić information content (AvgIpc) is 2.95. The van der Waals surface area contributed by atoms with E-state index >= 15 is 0 Å². The molecule has 2 aromatic heterocycles. The molecule has 0 radical (unpaired) electrons. The quantitative estimate of drug-likeness (QED) is 0.728. The van der Waals surface area contributed by atoms with Crippen LogP contribution in [-0.4, -0.2) is 36.9 Å². The van der Waals surface area contributed by atoms with Gasteiger partial charge in [0.15, 0.2) is 11.0 Å². The van der Waals surface area contributed by atoms with Gasteiger partial charge in [-0.25, -0.2) is 4.79 Å². The van der Waals surface area contributed by atoms with Gasteiger partial charge in [0, 0.05) is 24.5 Å². The Morgan fingerprint density at radius 2 is 1.96 bits per heavy atom. The Labute approximate surface area is 150 Å². The summed E-state index contributed by atoms with van der Waals surface area (Å²) in [5.41, 5.74) is 5.97. The molecule has 0 aromatic carbocycles. The predicted octanol–water partition coefficient (Wildman–Crippen LogP) is 2.06. The number of amides is 3. The highest BCUT2D eigenvalue weighted by Crippen LogP contribution is 2.30. The molecule has 2 rings (SSSR count). The smallest absolute Gasteiger partial charge is 0.318 e. The van der Waals surface area contributed by atoms with Gasteiger partial charge in [0.25, 0.3) is 0 Å². The first-order valence-corrected chi connectivity index (χ1v) is 8.92. The summed E-state index contributed by atoms with van der Waals surface area (Å²) in [6.45, 7) is 6.59. The van der Waals surface area contributed by atoms with Crippen LogP contribution in [0.15, 0.2) is 29.7 Å². The normalized spacial score (nSPS) is 12.2. The van der Waals surface area contributed by atoms with Crippen LogP contribution < -0.4 is 11.1 Å². The van der Waals surface area contributed by atoms with Crippen LogP contribution in [-0.2, 0) is 11.3 Å². The number of carbonyl (C=O) groups is 2. The molecule has 3 N–H and O–H groups in total. The fourth-order valence-electron chi connectivity index (χ4n) is 2.31. The lowest BCUT2D eigenvalue weighted by molar-refractivity contribution is -0.120. The van der Waals surface area contributed by atoms with Gasteiger partial charge < -0.3 is 10.3 Å². The minimum absolute atomic E-state index is 0.0134. The predicted molar refractivity (Wildman–Crippen MR) is 95.8 cm³/mol. The molecule has 9 heteroatoms. The lowest BCUT2D eigenvalue weighted by Gasteiger charge is -2.18. The van der Waals surface area contributed by atoms with Gasteiger partial charge in [0.1, 0.15) is 0 Å². The summed E-state index contributed by atoms with van der Waals surface area (Å²) >= 11 is 1.28. The number of urea groups is 1. The molecule has 2 aromatic rings. The maximum atomic E-state index is 12.2. The summed E-state index contributed by atoms with van der Waals surface area (Å²) in [6.07, 6.45) is 4.29. The third-order valence-corrected chi connectivity index (χ3v) is 4.97. The SMILES string of the molecule is CCCn1c(S[C@H](C(=O)NC(N)=O)C(C)C)nnc1-c1ccncc1. The van der Waals surface area contributed by atoms with E-state index in [1.165, 1.54) is 11.8 Å². The van der Waals surface area contributed by atoms with E-state index in [9.17, 15) is 9.59 Å². The molecule has 0 saturated carbocycles. The second kappa shape index (κ2) is 8.61. The molecule has 0 aliphatic carbocycles. The number of pyridine rings is 1. The van der Waals surface area contributed by atoms with Gasteiger partial charge in [0.05, 0.1) is 5.25 Å². The highest BCUT2D eigenvalue weighted by atomic mass is 32.2. The first-order chi connectivity index (χ1) is 11.9. The first kappa shape index (κ1) is 18.9. The summed E-state index contributed by atoms with van der Waals surface area (Å²) in [6, 6.07) is 2.87. The molecule has 0 unspecified atom stereocenters. The molecule has 1 atom stereocenters. The van der Waals surface area contributed by atoms with Crippen LogP contribution in [0.2, 0.25) is 0 Å². The van der Waals surface area contributed by atoms with Crippen LogP contribution in [0, 0.1) is 5.92 Å². The van der Waals surface area contributed by atoms with E-state index in [0.29, 0.717) is 5.16 Å². The van der Waals surface area contributed by atoms with Crippen molar-refractivity contribution in [1.82, 2.24) is 25.1 Å². The number of nitrogens with zero attached hydrogens (tertiary/aromatic N) is 4. The molecule has 0 fully saturated rings. The molecule has 3 amide bonds. The number of carbonyl (C=O) groups excluding carboxylic acids is 2. The largest absolute Gasteiger partial charge is 0.351 e. The second-order valence-electron chi connectivity index (χ2n) is 5.83. The fraction of sp³-hybridized carbons (Fsp3) is 0.438. The third kappa shape index (κ3) is 4.79. The summed E-state index contributed by atoms with van der Waals surface area (Å²) in [7, 11) is 0. The molecule has 2 heterocycles. The number of hydrogen-bond donors (Lipinski definition) is 2. The summed E-state index contributed by atoms with van der Waals surface area (Å²) in [5.74, 6) is 0.286. The average molecular weight is 362 g/mol. The maximum Gasteiger partial charge on any atom is 0.318 e. The van der Waals surface area contributed by atoms with Crippen molar-refractivity contribution in [2.24, 2.45) is 11.7 Å². The van der Waals surface area contributed by atoms with Gasteiger partial charge in [-0.05, 0) is 24.5 Å². The standard InChI is InChI=1S/C16H22N6O2S/c1-4-9-22-13(11-5-7-18-8-6-11)20-21-16(22)25-12(10(2)3)14(23)19-15(17)24/h5-8,10,12H,4,9H2,1-3H3,(H3,17,19,23,24)/t12-/m0/s1. The molecular weight excluding hydrogens is 340 g/mol. The molecule has 8 nitrogen and oxygen atoms in total. The van der Waals surface area contributed by atoms with Crippen LogP contribution in [0.25, 0.3) is 11.4 Å². The summed E-state index contributed by atoms with van der Waals surface area (Å²) in [4.78, 5) is 27.3. The molecule has 25 heavy (non-hydrogen) atoms. The van der Waals surface area contributed by atoms with E-state index < -0.39 is 17.2 Å². The number of nitrogens with one attached hydrogen (secondary N) is 1. The van der Waals surface area contributed by atoms with Gasteiger partial charge in [0.2, 0.25) is 5.91 Å².